The molecule has 0 aromatic rings. The molecule has 0 amide bonds. The molecule has 0 atom stereocenters. The summed E-state index contributed by atoms with van der Waals surface area (Å²) in [4.78, 5) is 0. The summed E-state index contributed by atoms with van der Waals surface area (Å²) in [5.74, 6) is 0. The average molecular weight is 179 g/mol. The zero-order valence-electron chi connectivity index (χ0n) is 5.02. The number of hydrogen-bond donors (Lipinski definition) is 1. The van der Waals surface area contributed by atoms with Crippen molar-refractivity contribution in [2.45, 2.75) is 13.3 Å². The van der Waals surface area contributed by atoms with E-state index in [9.17, 15) is 0 Å². The standard InChI is InChI=1S/C6H11BrO/c1-6(2-4-7)3-5-8/h3,8H,2,4-5H2,1H3. The van der Waals surface area contributed by atoms with Crippen molar-refractivity contribution in [3.63, 3.8) is 0 Å². The molecule has 0 spiro atoms. The van der Waals surface area contributed by atoms with Crippen molar-refractivity contribution in [1.82, 2.24) is 0 Å². The second-order valence-electron chi connectivity index (χ2n) is 1.67. The number of aliphatic hydroxyl groups excluding tert-OH is 1. The fourth-order valence-electron chi connectivity index (χ4n) is 0.407. The first-order valence-electron chi connectivity index (χ1n) is 2.63. The summed E-state index contributed by atoms with van der Waals surface area (Å²) in [6.45, 7) is 2.18. The zero-order chi connectivity index (χ0) is 6.41. The predicted molar refractivity (Wildman–Crippen MR) is 39.3 cm³/mol. The van der Waals surface area contributed by atoms with E-state index >= 15 is 0 Å². The van der Waals surface area contributed by atoms with Crippen LogP contribution in [0, 0.1) is 0 Å². The third kappa shape index (κ3) is 4.34. The van der Waals surface area contributed by atoms with E-state index in [0.29, 0.717) is 0 Å². The molecule has 0 fully saturated rings. The van der Waals surface area contributed by atoms with E-state index in [0.717, 1.165) is 11.8 Å². The Morgan fingerprint density at radius 2 is 2.38 bits per heavy atom. The van der Waals surface area contributed by atoms with Gasteiger partial charge in [-0.05, 0) is 13.3 Å². The molecule has 0 aromatic carbocycles. The van der Waals surface area contributed by atoms with Crippen molar-refractivity contribution in [3.8, 4) is 0 Å². The normalized spacial score (nSPS) is 12.1. The third-order valence-corrected chi connectivity index (χ3v) is 1.33. The summed E-state index contributed by atoms with van der Waals surface area (Å²) < 4.78 is 0. The fraction of sp³-hybridized carbons (Fsp3) is 0.667. The molecule has 0 unspecified atom stereocenters. The maximum Gasteiger partial charge on any atom is 0.0614 e. The maximum absolute atomic E-state index is 8.37. The summed E-state index contributed by atoms with van der Waals surface area (Å²) in [5.41, 5.74) is 1.24. The van der Waals surface area contributed by atoms with E-state index in [2.05, 4.69) is 15.9 Å². The second kappa shape index (κ2) is 5.32. The molecule has 8 heavy (non-hydrogen) atoms. The average Bonchev–Trinajstić information content (AvgIpc) is 1.68. The van der Waals surface area contributed by atoms with E-state index < -0.39 is 0 Å². The van der Waals surface area contributed by atoms with Crippen LogP contribution in [-0.2, 0) is 0 Å². The molecular weight excluding hydrogens is 168 g/mol. The van der Waals surface area contributed by atoms with E-state index in [4.69, 9.17) is 5.11 Å². The van der Waals surface area contributed by atoms with Gasteiger partial charge in [-0.25, -0.2) is 0 Å². The van der Waals surface area contributed by atoms with Crippen molar-refractivity contribution in [2.75, 3.05) is 11.9 Å². The highest BCUT2D eigenvalue weighted by Crippen LogP contribution is 2.00. The Bertz CT molecular complexity index is 78.6. The van der Waals surface area contributed by atoms with Crippen molar-refractivity contribution in [2.24, 2.45) is 0 Å². The van der Waals surface area contributed by atoms with Gasteiger partial charge in [0.25, 0.3) is 0 Å². The maximum atomic E-state index is 8.37. The minimum atomic E-state index is 0.166. The Labute approximate surface area is 58.5 Å². The molecular formula is C6H11BrO. The number of alkyl halides is 1. The molecule has 0 radical (unpaired) electrons. The van der Waals surface area contributed by atoms with E-state index in [1.54, 1.807) is 0 Å². The molecule has 0 aliphatic carbocycles. The van der Waals surface area contributed by atoms with Crippen LogP contribution >= 0.6 is 15.9 Å². The number of aliphatic hydroxyl groups is 1. The third-order valence-electron chi connectivity index (χ3n) is 0.929. The lowest BCUT2D eigenvalue weighted by atomic mass is 10.2. The number of hydrogen-bond acceptors (Lipinski definition) is 1. The van der Waals surface area contributed by atoms with Crippen LogP contribution in [-0.4, -0.2) is 17.0 Å². The summed E-state index contributed by atoms with van der Waals surface area (Å²) in [7, 11) is 0. The number of allylic oxidation sites excluding steroid dienone is 1. The molecule has 0 saturated carbocycles. The van der Waals surface area contributed by atoms with Gasteiger partial charge in [-0.15, -0.1) is 0 Å². The molecule has 1 N–H and O–H groups in total. The van der Waals surface area contributed by atoms with Gasteiger partial charge in [0.05, 0.1) is 6.61 Å². The molecule has 0 bridgehead atoms. The molecule has 0 heterocycles. The SMILES string of the molecule is CC(=CCO)CCBr. The van der Waals surface area contributed by atoms with Crippen LogP contribution in [0.15, 0.2) is 11.6 Å². The summed E-state index contributed by atoms with van der Waals surface area (Å²) in [5, 5.41) is 9.35. The molecule has 0 aliphatic rings. The van der Waals surface area contributed by atoms with Crippen LogP contribution in [0.2, 0.25) is 0 Å². The van der Waals surface area contributed by atoms with Crippen molar-refractivity contribution >= 4 is 15.9 Å². The predicted octanol–water partition coefficient (Wildman–Crippen LogP) is 1.71. The Hall–Kier alpha value is 0.180. The lowest BCUT2D eigenvalue weighted by Gasteiger charge is -1.92. The van der Waals surface area contributed by atoms with Gasteiger partial charge < -0.3 is 5.11 Å². The summed E-state index contributed by atoms with van der Waals surface area (Å²) in [6.07, 6.45) is 2.85. The van der Waals surface area contributed by atoms with Gasteiger partial charge in [-0.1, -0.05) is 27.6 Å². The second-order valence-corrected chi connectivity index (χ2v) is 2.47. The highest BCUT2D eigenvalue weighted by atomic mass is 79.9. The largest absolute Gasteiger partial charge is 0.392 e. The molecule has 0 saturated heterocycles. The number of rotatable bonds is 3. The minimum absolute atomic E-state index is 0.166. The van der Waals surface area contributed by atoms with Crippen LogP contribution in [0.4, 0.5) is 0 Å². The first-order chi connectivity index (χ1) is 3.81. The number of halogens is 1. The molecule has 0 rings (SSSR count). The molecule has 48 valence electrons. The smallest absolute Gasteiger partial charge is 0.0614 e. The fourth-order valence-corrected chi connectivity index (χ4v) is 1.03. The summed E-state index contributed by atoms with van der Waals surface area (Å²) >= 11 is 3.30. The van der Waals surface area contributed by atoms with Gasteiger partial charge in [-0.3, -0.25) is 0 Å². The zero-order valence-corrected chi connectivity index (χ0v) is 6.61. The highest BCUT2D eigenvalue weighted by Gasteiger charge is 1.83. The van der Waals surface area contributed by atoms with E-state index in [1.165, 1.54) is 5.57 Å². The first kappa shape index (κ1) is 8.18. The molecule has 0 aromatic heterocycles. The van der Waals surface area contributed by atoms with Crippen molar-refractivity contribution in [3.05, 3.63) is 11.6 Å². The first-order valence-corrected chi connectivity index (χ1v) is 3.76. The Morgan fingerprint density at radius 3 is 2.75 bits per heavy atom. The topological polar surface area (TPSA) is 20.2 Å². The summed E-state index contributed by atoms with van der Waals surface area (Å²) in [6, 6.07) is 0. The van der Waals surface area contributed by atoms with Crippen LogP contribution in [0.1, 0.15) is 13.3 Å². The van der Waals surface area contributed by atoms with Gasteiger partial charge >= 0.3 is 0 Å². The van der Waals surface area contributed by atoms with E-state index in [1.807, 2.05) is 13.0 Å². The van der Waals surface area contributed by atoms with Crippen LogP contribution < -0.4 is 0 Å². The highest BCUT2D eigenvalue weighted by molar-refractivity contribution is 9.09. The quantitative estimate of drug-likeness (QED) is 0.516. The Balaban J connectivity index is 3.29. The van der Waals surface area contributed by atoms with Gasteiger partial charge in [0.1, 0.15) is 0 Å². The van der Waals surface area contributed by atoms with E-state index in [-0.39, 0.29) is 6.61 Å². The lowest BCUT2D eigenvalue weighted by Crippen LogP contribution is -1.80. The van der Waals surface area contributed by atoms with Gasteiger partial charge in [0, 0.05) is 5.33 Å². The van der Waals surface area contributed by atoms with Gasteiger partial charge in [0.2, 0.25) is 0 Å². The monoisotopic (exact) mass is 178 g/mol. The molecule has 1 nitrogen and oxygen atoms in total. The minimum Gasteiger partial charge on any atom is -0.392 e. The van der Waals surface area contributed by atoms with Gasteiger partial charge in [0.15, 0.2) is 0 Å². The van der Waals surface area contributed by atoms with Crippen molar-refractivity contribution in [1.29, 1.82) is 0 Å². The van der Waals surface area contributed by atoms with Crippen LogP contribution in [0.5, 0.6) is 0 Å². The van der Waals surface area contributed by atoms with Crippen LogP contribution in [0.3, 0.4) is 0 Å². The Kier molecular flexibility index (Phi) is 5.44. The van der Waals surface area contributed by atoms with Gasteiger partial charge in [-0.2, -0.15) is 0 Å². The molecule has 2 heteroatoms. The lowest BCUT2D eigenvalue weighted by molar-refractivity contribution is 0.341. The van der Waals surface area contributed by atoms with Crippen molar-refractivity contribution < 1.29 is 5.11 Å². The van der Waals surface area contributed by atoms with Crippen LogP contribution in [0.25, 0.3) is 0 Å². The Morgan fingerprint density at radius 1 is 1.75 bits per heavy atom. The molecule has 0 aliphatic heterocycles.